The summed E-state index contributed by atoms with van der Waals surface area (Å²) in [4.78, 5) is 4.12. The first-order chi connectivity index (χ1) is 7.81. The predicted molar refractivity (Wildman–Crippen MR) is 65.1 cm³/mol. The van der Waals surface area contributed by atoms with Gasteiger partial charge in [-0.05, 0) is 36.0 Å². The molecule has 2 rings (SSSR count). The third kappa shape index (κ3) is 2.62. The lowest BCUT2D eigenvalue weighted by molar-refractivity contribution is 0.144. The highest BCUT2D eigenvalue weighted by atomic mass is 16.3. The molecule has 1 saturated carbocycles. The van der Waals surface area contributed by atoms with Crippen LogP contribution in [0.1, 0.15) is 56.3 Å². The average Bonchev–Trinajstić information content (AvgIpc) is 2.81. The van der Waals surface area contributed by atoms with Gasteiger partial charge in [0.1, 0.15) is 0 Å². The molecular formula is C14H21NO. The van der Waals surface area contributed by atoms with E-state index < -0.39 is 0 Å². The van der Waals surface area contributed by atoms with Gasteiger partial charge in [0, 0.05) is 12.4 Å². The van der Waals surface area contributed by atoms with E-state index in [1.54, 1.807) is 6.20 Å². The van der Waals surface area contributed by atoms with Crippen molar-refractivity contribution in [3.8, 4) is 0 Å². The minimum absolute atomic E-state index is 0.291. The topological polar surface area (TPSA) is 33.1 Å². The van der Waals surface area contributed by atoms with Crippen LogP contribution >= 0.6 is 0 Å². The molecule has 0 spiro atoms. The van der Waals surface area contributed by atoms with Gasteiger partial charge in [-0.2, -0.15) is 0 Å². The van der Waals surface area contributed by atoms with Gasteiger partial charge in [0.25, 0.3) is 0 Å². The Morgan fingerprint density at radius 1 is 1.44 bits per heavy atom. The molecular weight excluding hydrogens is 198 g/mol. The van der Waals surface area contributed by atoms with Crippen LogP contribution in [0.15, 0.2) is 18.5 Å². The van der Waals surface area contributed by atoms with Crippen molar-refractivity contribution in [3.63, 3.8) is 0 Å². The van der Waals surface area contributed by atoms with Crippen molar-refractivity contribution < 1.29 is 5.11 Å². The molecule has 0 saturated heterocycles. The molecule has 16 heavy (non-hydrogen) atoms. The first-order valence-electron chi connectivity index (χ1n) is 6.42. The van der Waals surface area contributed by atoms with Crippen LogP contribution in [0, 0.1) is 5.92 Å². The van der Waals surface area contributed by atoms with Crippen LogP contribution in [0.5, 0.6) is 0 Å². The Kier molecular flexibility index (Phi) is 3.94. The number of aliphatic hydroxyl groups excluding tert-OH is 1. The molecule has 1 atom stereocenters. The Bertz CT molecular complexity index is 331. The van der Waals surface area contributed by atoms with Crippen molar-refractivity contribution in [2.45, 2.75) is 51.6 Å². The lowest BCUT2D eigenvalue weighted by atomic mass is 9.93. The summed E-state index contributed by atoms with van der Waals surface area (Å²) < 4.78 is 0. The van der Waals surface area contributed by atoms with Crippen molar-refractivity contribution in [1.29, 1.82) is 0 Å². The molecule has 1 aromatic rings. The Balaban J connectivity index is 2.04. The second kappa shape index (κ2) is 5.44. The molecule has 1 aliphatic rings. The summed E-state index contributed by atoms with van der Waals surface area (Å²) in [5.74, 6) is 0.730. The lowest BCUT2D eigenvalue weighted by Crippen LogP contribution is -2.07. The van der Waals surface area contributed by atoms with Gasteiger partial charge < -0.3 is 5.11 Å². The Hall–Kier alpha value is -0.890. The molecule has 88 valence electrons. The molecule has 1 heterocycles. The van der Waals surface area contributed by atoms with E-state index in [9.17, 15) is 5.11 Å². The van der Waals surface area contributed by atoms with E-state index in [1.807, 2.05) is 12.3 Å². The van der Waals surface area contributed by atoms with Gasteiger partial charge in [0.2, 0.25) is 0 Å². The number of aryl methyl sites for hydroxylation is 1. The van der Waals surface area contributed by atoms with Crippen molar-refractivity contribution in [3.05, 3.63) is 29.6 Å². The Morgan fingerprint density at radius 3 is 2.88 bits per heavy atom. The van der Waals surface area contributed by atoms with Crippen LogP contribution in [-0.4, -0.2) is 10.1 Å². The second-order valence-electron chi connectivity index (χ2n) is 4.83. The molecule has 2 heteroatoms. The maximum Gasteiger partial charge on any atom is 0.0796 e. The van der Waals surface area contributed by atoms with Gasteiger partial charge in [0.05, 0.1) is 6.10 Å². The number of hydrogen-bond donors (Lipinski definition) is 1. The standard InChI is InChI=1S/C14H21NO/c1-2-12-10-15-8-7-13(12)14(16)9-11-5-3-4-6-11/h7-8,10-11,14,16H,2-6,9H2,1H3. The number of aliphatic hydroxyl groups is 1. The fourth-order valence-electron chi connectivity index (χ4n) is 2.75. The van der Waals surface area contributed by atoms with Gasteiger partial charge in [-0.3, -0.25) is 4.98 Å². The van der Waals surface area contributed by atoms with Crippen molar-refractivity contribution >= 4 is 0 Å². The van der Waals surface area contributed by atoms with E-state index in [1.165, 1.54) is 31.2 Å². The quantitative estimate of drug-likeness (QED) is 0.843. The zero-order chi connectivity index (χ0) is 11.4. The molecule has 1 N–H and O–H groups in total. The van der Waals surface area contributed by atoms with Crippen molar-refractivity contribution in [2.24, 2.45) is 5.92 Å². The number of pyridine rings is 1. The molecule has 1 aliphatic carbocycles. The van der Waals surface area contributed by atoms with Crippen LogP contribution in [0.2, 0.25) is 0 Å². The average molecular weight is 219 g/mol. The highest BCUT2D eigenvalue weighted by molar-refractivity contribution is 5.25. The first kappa shape index (κ1) is 11.6. The summed E-state index contributed by atoms with van der Waals surface area (Å²) >= 11 is 0. The monoisotopic (exact) mass is 219 g/mol. The molecule has 2 nitrogen and oxygen atoms in total. The van der Waals surface area contributed by atoms with E-state index in [4.69, 9.17) is 0 Å². The zero-order valence-corrected chi connectivity index (χ0v) is 10.0. The van der Waals surface area contributed by atoms with Crippen LogP contribution in [-0.2, 0) is 6.42 Å². The number of nitrogens with zero attached hydrogens (tertiary/aromatic N) is 1. The summed E-state index contributed by atoms with van der Waals surface area (Å²) in [7, 11) is 0. The molecule has 0 bridgehead atoms. The maximum absolute atomic E-state index is 10.3. The van der Waals surface area contributed by atoms with Crippen molar-refractivity contribution in [2.75, 3.05) is 0 Å². The fourth-order valence-corrected chi connectivity index (χ4v) is 2.75. The van der Waals surface area contributed by atoms with Gasteiger partial charge in [0.15, 0.2) is 0 Å². The summed E-state index contributed by atoms with van der Waals surface area (Å²) in [6.07, 6.45) is 10.5. The number of aromatic nitrogens is 1. The van der Waals surface area contributed by atoms with Gasteiger partial charge >= 0.3 is 0 Å². The maximum atomic E-state index is 10.3. The van der Waals surface area contributed by atoms with Gasteiger partial charge in [-0.25, -0.2) is 0 Å². The highest BCUT2D eigenvalue weighted by Gasteiger charge is 2.20. The smallest absolute Gasteiger partial charge is 0.0796 e. The minimum atomic E-state index is -0.291. The molecule has 1 unspecified atom stereocenters. The summed E-state index contributed by atoms with van der Waals surface area (Å²) in [5.41, 5.74) is 2.28. The number of hydrogen-bond acceptors (Lipinski definition) is 2. The fraction of sp³-hybridized carbons (Fsp3) is 0.643. The zero-order valence-electron chi connectivity index (χ0n) is 10.0. The SMILES string of the molecule is CCc1cnccc1C(O)CC1CCCC1. The highest BCUT2D eigenvalue weighted by Crippen LogP contribution is 2.33. The summed E-state index contributed by atoms with van der Waals surface area (Å²) in [5, 5.41) is 10.3. The van der Waals surface area contributed by atoms with E-state index in [-0.39, 0.29) is 6.10 Å². The van der Waals surface area contributed by atoms with Gasteiger partial charge in [-0.1, -0.05) is 32.6 Å². The van der Waals surface area contributed by atoms with Crippen LogP contribution in [0.25, 0.3) is 0 Å². The van der Waals surface area contributed by atoms with E-state index in [0.717, 1.165) is 24.3 Å². The molecule has 0 aromatic carbocycles. The lowest BCUT2D eigenvalue weighted by Gasteiger charge is -2.17. The molecule has 0 aliphatic heterocycles. The second-order valence-corrected chi connectivity index (χ2v) is 4.83. The molecule has 0 amide bonds. The van der Waals surface area contributed by atoms with E-state index in [0.29, 0.717) is 0 Å². The van der Waals surface area contributed by atoms with Crippen molar-refractivity contribution in [1.82, 2.24) is 4.98 Å². The van der Waals surface area contributed by atoms with E-state index >= 15 is 0 Å². The number of rotatable bonds is 4. The first-order valence-corrected chi connectivity index (χ1v) is 6.42. The molecule has 1 fully saturated rings. The summed E-state index contributed by atoms with van der Waals surface area (Å²) in [6.45, 7) is 2.11. The van der Waals surface area contributed by atoms with Gasteiger partial charge in [-0.15, -0.1) is 0 Å². The predicted octanol–water partition coefficient (Wildman–Crippen LogP) is 3.26. The molecule has 1 aromatic heterocycles. The molecule has 0 radical (unpaired) electrons. The largest absolute Gasteiger partial charge is 0.388 e. The van der Waals surface area contributed by atoms with Crippen LogP contribution < -0.4 is 0 Å². The van der Waals surface area contributed by atoms with E-state index in [2.05, 4.69) is 11.9 Å². The Labute approximate surface area is 97.7 Å². The minimum Gasteiger partial charge on any atom is -0.388 e. The summed E-state index contributed by atoms with van der Waals surface area (Å²) in [6, 6.07) is 1.97. The van der Waals surface area contributed by atoms with Crippen LogP contribution in [0.3, 0.4) is 0 Å². The Morgan fingerprint density at radius 2 is 2.19 bits per heavy atom. The third-order valence-electron chi connectivity index (χ3n) is 3.71. The van der Waals surface area contributed by atoms with Crippen LogP contribution in [0.4, 0.5) is 0 Å². The third-order valence-corrected chi connectivity index (χ3v) is 3.71. The normalized spacial score (nSPS) is 18.9.